The van der Waals surface area contributed by atoms with Crippen LogP contribution in [0.15, 0.2) is 18.2 Å². The molecule has 1 heterocycles. The molecule has 1 aromatic carbocycles. The topological polar surface area (TPSA) is 102 Å². The zero-order valence-electron chi connectivity index (χ0n) is 13.2. The van der Waals surface area contributed by atoms with E-state index < -0.39 is 10.9 Å². The number of nitrogens with one attached hydrogen (secondary N) is 1. The average molecular weight is 333 g/mol. The number of benzene rings is 1. The lowest BCUT2D eigenvalue weighted by Crippen LogP contribution is -2.30. The molecule has 0 radical (unpaired) electrons. The summed E-state index contributed by atoms with van der Waals surface area (Å²) in [5, 5.41) is 13.7. The van der Waals surface area contributed by atoms with E-state index in [1.807, 2.05) is 4.90 Å². The van der Waals surface area contributed by atoms with E-state index in [0.717, 1.165) is 38.8 Å². The van der Waals surface area contributed by atoms with Gasteiger partial charge in [0.2, 0.25) is 0 Å². The van der Waals surface area contributed by atoms with Crippen molar-refractivity contribution in [3.63, 3.8) is 0 Å². The molecule has 3 rings (SSSR count). The van der Waals surface area contributed by atoms with Gasteiger partial charge in [0.15, 0.2) is 6.61 Å². The molecule has 2 fully saturated rings. The zero-order chi connectivity index (χ0) is 17.1. The minimum atomic E-state index is -0.716. The number of carbonyl (C=O) groups is 2. The number of ether oxygens (including phenoxy) is 1. The first kappa shape index (κ1) is 16.2. The van der Waals surface area contributed by atoms with Crippen LogP contribution in [0, 0.1) is 10.1 Å². The van der Waals surface area contributed by atoms with E-state index in [4.69, 9.17) is 4.74 Å². The largest absolute Gasteiger partial charge is 0.452 e. The summed E-state index contributed by atoms with van der Waals surface area (Å²) in [6.45, 7) is 1.21. The number of nitro benzene ring substituents is 1. The van der Waals surface area contributed by atoms with Crippen LogP contribution in [0.1, 0.15) is 36.0 Å². The van der Waals surface area contributed by atoms with Crippen molar-refractivity contribution in [1.82, 2.24) is 5.32 Å². The number of non-ortho nitro benzene ring substituents is 1. The predicted molar refractivity (Wildman–Crippen MR) is 86.0 cm³/mol. The van der Waals surface area contributed by atoms with Crippen LogP contribution >= 0.6 is 0 Å². The Morgan fingerprint density at radius 2 is 2.00 bits per heavy atom. The second kappa shape index (κ2) is 6.86. The molecule has 1 amide bonds. The molecule has 2 aliphatic rings. The van der Waals surface area contributed by atoms with Gasteiger partial charge >= 0.3 is 5.97 Å². The molecular formula is C16H19N3O5. The average Bonchev–Trinajstić information content (AvgIpc) is 3.21. The molecule has 0 aromatic heterocycles. The van der Waals surface area contributed by atoms with Crippen molar-refractivity contribution < 1.29 is 19.2 Å². The van der Waals surface area contributed by atoms with Crippen molar-refractivity contribution in [2.75, 3.05) is 24.6 Å². The van der Waals surface area contributed by atoms with Crippen molar-refractivity contribution in [1.29, 1.82) is 0 Å². The number of hydrogen-bond acceptors (Lipinski definition) is 6. The van der Waals surface area contributed by atoms with Crippen LogP contribution in [0.2, 0.25) is 0 Å². The van der Waals surface area contributed by atoms with Crippen molar-refractivity contribution in [3.05, 3.63) is 33.9 Å². The second-order valence-electron chi connectivity index (χ2n) is 6.07. The fourth-order valence-electron chi connectivity index (χ4n) is 2.74. The molecule has 1 saturated carbocycles. The van der Waals surface area contributed by atoms with E-state index in [1.165, 1.54) is 12.1 Å². The molecule has 0 spiro atoms. The molecule has 0 unspecified atom stereocenters. The smallest absolute Gasteiger partial charge is 0.341 e. The summed E-state index contributed by atoms with van der Waals surface area (Å²) in [5.41, 5.74) is 0.573. The Morgan fingerprint density at radius 1 is 1.29 bits per heavy atom. The summed E-state index contributed by atoms with van der Waals surface area (Å²) < 4.78 is 5.05. The maximum Gasteiger partial charge on any atom is 0.341 e. The van der Waals surface area contributed by atoms with Crippen molar-refractivity contribution in [2.24, 2.45) is 0 Å². The van der Waals surface area contributed by atoms with Gasteiger partial charge < -0.3 is 15.0 Å². The predicted octanol–water partition coefficient (Wildman–Crippen LogP) is 1.63. The molecule has 1 saturated heterocycles. The SMILES string of the molecule is O=C(COC(=O)c1cc([N+](=O)[O-])ccc1N1CCCC1)NC1CC1. The standard InChI is InChI=1S/C16H19N3O5/c20-15(17-11-3-4-11)10-24-16(21)13-9-12(19(22)23)5-6-14(13)18-7-1-2-8-18/h5-6,9,11H,1-4,7-8,10H2,(H,17,20). The maximum atomic E-state index is 12.4. The fourth-order valence-corrected chi connectivity index (χ4v) is 2.74. The van der Waals surface area contributed by atoms with Gasteiger partial charge in [-0.2, -0.15) is 0 Å². The van der Waals surface area contributed by atoms with Gasteiger partial charge in [-0.15, -0.1) is 0 Å². The third kappa shape index (κ3) is 3.81. The monoisotopic (exact) mass is 333 g/mol. The normalized spacial score (nSPS) is 16.8. The summed E-state index contributed by atoms with van der Waals surface area (Å²) in [5.74, 6) is -1.06. The highest BCUT2D eigenvalue weighted by molar-refractivity contribution is 5.97. The second-order valence-corrected chi connectivity index (χ2v) is 6.07. The zero-order valence-corrected chi connectivity index (χ0v) is 13.2. The van der Waals surface area contributed by atoms with Crippen LogP contribution in [-0.2, 0) is 9.53 Å². The van der Waals surface area contributed by atoms with Gasteiger partial charge in [-0.25, -0.2) is 4.79 Å². The molecule has 0 atom stereocenters. The summed E-state index contributed by atoms with van der Waals surface area (Å²) in [7, 11) is 0. The molecule has 24 heavy (non-hydrogen) atoms. The summed E-state index contributed by atoms with van der Waals surface area (Å²) in [6, 6.07) is 4.36. The number of anilines is 1. The molecule has 8 nitrogen and oxygen atoms in total. The van der Waals surface area contributed by atoms with Gasteiger partial charge in [-0.1, -0.05) is 0 Å². The fraction of sp³-hybridized carbons (Fsp3) is 0.500. The number of hydrogen-bond donors (Lipinski definition) is 1. The summed E-state index contributed by atoms with van der Waals surface area (Å²) >= 11 is 0. The van der Waals surface area contributed by atoms with Gasteiger partial charge in [0.25, 0.3) is 11.6 Å². The third-order valence-corrected chi connectivity index (χ3v) is 4.13. The van der Waals surface area contributed by atoms with E-state index in [-0.39, 0.29) is 29.8 Å². The number of rotatable bonds is 6. The Kier molecular flexibility index (Phi) is 4.64. The Labute approximate surface area is 138 Å². The molecule has 1 aromatic rings. The van der Waals surface area contributed by atoms with E-state index in [0.29, 0.717) is 5.69 Å². The number of nitrogens with zero attached hydrogens (tertiary/aromatic N) is 2. The van der Waals surface area contributed by atoms with Gasteiger partial charge in [0, 0.05) is 31.3 Å². The first-order valence-electron chi connectivity index (χ1n) is 8.04. The quantitative estimate of drug-likeness (QED) is 0.482. The number of nitro groups is 1. The van der Waals surface area contributed by atoms with Crippen LogP contribution < -0.4 is 10.2 Å². The molecule has 0 bridgehead atoms. The highest BCUT2D eigenvalue weighted by atomic mass is 16.6. The molecule has 8 heteroatoms. The number of esters is 1. The van der Waals surface area contributed by atoms with Crippen molar-refractivity contribution in [2.45, 2.75) is 31.7 Å². The van der Waals surface area contributed by atoms with Gasteiger partial charge in [-0.05, 0) is 31.7 Å². The lowest BCUT2D eigenvalue weighted by atomic mass is 10.1. The van der Waals surface area contributed by atoms with E-state index >= 15 is 0 Å². The summed E-state index contributed by atoms with van der Waals surface area (Å²) in [4.78, 5) is 36.4. The first-order valence-corrected chi connectivity index (χ1v) is 8.04. The highest BCUT2D eigenvalue weighted by Gasteiger charge is 2.26. The van der Waals surface area contributed by atoms with Gasteiger partial charge in [0.05, 0.1) is 16.2 Å². The lowest BCUT2D eigenvalue weighted by molar-refractivity contribution is -0.384. The van der Waals surface area contributed by atoms with Crippen molar-refractivity contribution in [3.8, 4) is 0 Å². The Bertz CT molecular complexity index is 666. The van der Waals surface area contributed by atoms with Crippen LogP contribution in [0.25, 0.3) is 0 Å². The van der Waals surface area contributed by atoms with E-state index in [9.17, 15) is 19.7 Å². The number of amides is 1. The van der Waals surface area contributed by atoms with Crippen LogP contribution in [0.5, 0.6) is 0 Å². The first-order chi connectivity index (χ1) is 11.5. The van der Waals surface area contributed by atoms with Crippen LogP contribution in [-0.4, -0.2) is 42.5 Å². The van der Waals surface area contributed by atoms with Crippen LogP contribution in [0.3, 0.4) is 0 Å². The Morgan fingerprint density at radius 3 is 2.62 bits per heavy atom. The minimum Gasteiger partial charge on any atom is -0.452 e. The molecule has 1 aliphatic carbocycles. The van der Waals surface area contributed by atoms with E-state index in [2.05, 4.69) is 5.32 Å². The Balaban J connectivity index is 1.74. The minimum absolute atomic E-state index is 0.130. The molecule has 1 aliphatic heterocycles. The maximum absolute atomic E-state index is 12.4. The van der Waals surface area contributed by atoms with Gasteiger partial charge in [0.1, 0.15) is 0 Å². The number of carbonyl (C=O) groups excluding carboxylic acids is 2. The summed E-state index contributed by atoms with van der Waals surface area (Å²) in [6.07, 6.45) is 3.91. The molecule has 128 valence electrons. The lowest BCUT2D eigenvalue weighted by Gasteiger charge is -2.20. The van der Waals surface area contributed by atoms with Gasteiger partial charge in [-0.3, -0.25) is 14.9 Å². The molecular weight excluding hydrogens is 314 g/mol. The molecule has 1 N–H and O–H groups in total. The van der Waals surface area contributed by atoms with Crippen molar-refractivity contribution >= 4 is 23.3 Å². The highest BCUT2D eigenvalue weighted by Crippen LogP contribution is 2.29. The Hall–Kier alpha value is -2.64. The third-order valence-electron chi connectivity index (χ3n) is 4.13. The van der Waals surface area contributed by atoms with Crippen LogP contribution in [0.4, 0.5) is 11.4 Å². The van der Waals surface area contributed by atoms with E-state index in [1.54, 1.807) is 6.07 Å².